The van der Waals surface area contributed by atoms with Gasteiger partial charge in [-0.1, -0.05) is 17.3 Å². The molecule has 1 atom stereocenters. The molecule has 102 valence electrons. The highest BCUT2D eigenvalue weighted by Crippen LogP contribution is 2.30. The van der Waals surface area contributed by atoms with Crippen molar-refractivity contribution in [3.63, 3.8) is 0 Å². The van der Waals surface area contributed by atoms with Crippen molar-refractivity contribution in [3.8, 4) is 0 Å². The SMILES string of the molecule is OC(Cn1cncn1)(c1ccc(F)cc1)c1ccon1. The minimum atomic E-state index is -1.48. The van der Waals surface area contributed by atoms with Crippen molar-refractivity contribution in [2.24, 2.45) is 0 Å². The topological polar surface area (TPSA) is 77.0 Å². The second-order valence-corrected chi connectivity index (χ2v) is 4.34. The quantitative estimate of drug-likeness (QED) is 0.777. The lowest BCUT2D eigenvalue weighted by Gasteiger charge is -2.26. The lowest BCUT2D eigenvalue weighted by molar-refractivity contribution is 0.0495. The van der Waals surface area contributed by atoms with Crippen molar-refractivity contribution in [3.05, 3.63) is 66.3 Å². The van der Waals surface area contributed by atoms with E-state index in [4.69, 9.17) is 4.52 Å². The van der Waals surface area contributed by atoms with Gasteiger partial charge in [-0.25, -0.2) is 14.1 Å². The predicted molar refractivity (Wildman–Crippen MR) is 65.9 cm³/mol. The van der Waals surface area contributed by atoms with E-state index >= 15 is 0 Å². The van der Waals surface area contributed by atoms with Crippen molar-refractivity contribution in [2.75, 3.05) is 0 Å². The van der Waals surface area contributed by atoms with Gasteiger partial charge in [0.25, 0.3) is 0 Å². The molecule has 0 radical (unpaired) electrons. The van der Waals surface area contributed by atoms with Gasteiger partial charge in [-0.2, -0.15) is 5.10 Å². The van der Waals surface area contributed by atoms with Gasteiger partial charge in [0.15, 0.2) is 5.60 Å². The number of benzene rings is 1. The first-order valence-corrected chi connectivity index (χ1v) is 5.90. The van der Waals surface area contributed by atoms with Gasteiger partial charge in [0, 0.05) is 6.07 Å². The third-order valence-corrected chi connectivity index (χ3v) is 3.04. The van der Waals surface area contributed by atoms with Gasteiger partial charge in [0.2, 0.25) is 0 Å². The summed E-state index contributed by atoms with van der Waals surface area (Å²) in [6, 6.07) is 7.12. The molecule has 2 heterocycles. The van der Waals surface area contributed by atoms with E-state index in [2.05, 4.69) is 15.2 Å². The number of rotatable bonds is 4. The Balaban J connectivity index is 2.05. The Morgan fingerprint density at radius 3 is 2.65 bits per heavy atom. The molecular formula is C13H11FN4O2. The fourth-order valence-corrected chi connectivity index (χ4v) is 2.02. The lowest BCUT2D eigenvalue weighted by atomic mass is 9.90. The number of hydrogen-bond acceptors (Lipinski definition) is 5. The first kappa shape index (κ1) is 12.5. The molecule has 1 aromatic carbocycles. The second kappa shape index (κ2) is 4.86. The molecule has 0 saturated carbocycles. The molecular weight excluding hydrogens is 263 g/mol. The zero-order chi connectivity index (χ0) is 14.0. The Kier molecular flexibility index (Phi) is 3.03. The van der Waals surface area contributed by atoms with Gasteiger partial charge in [-0.05, 0) is 17.7 Å². The molecule has 0 bridgehead atoms. The van der Waals surface area contributed by atoms with Crippen molar-refractivity contribution in [1.82, 2.24) is 19.9 Å². The maximum atomic E-state index is 13.1. The van der Waals surface area contributed by atoms with E-state index in [0.717, 1.165) is 0 Å². The fraction of sp³-hybridized carbons (Fsp3) is 0.154. The summed E-state index contributed by atoms with van der Waals surface area (Å²) in [5, 5.41) is 18.7. The van der Waals surface area contributed by atoms with Crippen LogP contribution < -0.4 is 0 Å². The van der Waals surface area contributed by atoms with Crippen LogP contribution >= 0.6 is 0 Å². The van der Waals surface area contributed by atoms with E-state index in [1.54, 1.807) is 6.07 Å². The molecule has 0 spiro atoms. The molecule has 0 fully saturated rings. The first-order chi connectivity index (χ1) is 9.68. The summed E-state index contributed by atoms with van der Waals surface area (Å²) in [4.78, 5) is 3.83. The molecule has 6 nitrogen and oxygen atoms in total. The largest absolute Gasteiger partial charge is 0.377 e. The number of nitrogens with zero attached hydrogens (tertiary/aromatic N) is 4. The Morgan fingerprint density at radius 2 is 2.05 bits per heavy atom. The smallest absolute Gasteiger partial charge is 0.154 e. The summed E-state index contributed by atoms with van der Waals surface area (Å²) in [5.41, 5.74) is -0.670. The Morgan fingerprint density at radius 1 is 1.25 bits per heavy atom. The molecule has 1 unspecified atom stereocenters. The summed E-state index contributed by atoms with van der Waals surface area (Å²) in [5.74, 6) is -0.378. The minimum absolute atomic E-state index is 0.0885. The van der Waals surface area contributed by atoms with Gasteiger partial charge >= 0.3 is 0 Å². The monoisotopic (exact) mass is 274 g/mol. The minimum Gasteiger partial charge on any atom is -0.377 e. The number of aromatic nitrogens is 4. The van der Waals surface area contributed by atoms with Crippen LogP contribution in [0.4, 0.5) is 4.39 Å². The third-order valence-electron chi connectivity index (χ3n) is 3.04. The molecule has 2 aromatic heterocycles. The normalized spacial score (nSPS) is 14.1. The maximum absolute atomic E-state index is 13.1. The summed E-state index contributed by atoms with van der Waals surface area (Å²) in [7, 11) is 0. The summed E-state index contributed by atoms with van der Waals surface area (Å²) < 4.78 is 19.3. The molecule has 1 N–H and O–H groups in total. The van der Waals surface area contributed by atoms with E-state index in [9.17, 15) is 9.50 Å². The van der Waals surface area contributed by atoms with Crippen LogP contribution in [0, 0.1) is 5.82 Å². The summed E-state index contributed by atoms with van der Waals surface area (Å²) in [6.45, 7) is 0.0885. The van der Waals surface area contributed by atoms with Gasteiger partial charge in [0.1, 0.15) is 30.4 Å². The van der Waals surface area contributed by atoms with Crippen LogP contribution in [0.2, 0.25) is 0 Å². The molecule has 0 saturated heterocycles. The highest BCUT2D eigenvalue weighted by molar-refractivity contribution is 5.31. The molecule has 0 amide bonds. The highest BCUT2D eigenvalue weighted by atomic mass is 19.1. The lowest BCUT2D eigenvalue weighted by Crippen LogP contribution is -2.33. The molecule has 7 heteroatoms. The van der Waals surface area contributed by atoms with Gasteiger partial charge in [0.05, 0.1) is 6.54 Å². The average Bonchev–Trinajstić information content (AvgIpc) is 3.12. The van der Waals surface area contributed by atoms with E-state index in [1.807, 2.05) is 0 Å². The van der Waals surface area contributed by atoms with Crippen LogP contribution in [-0.2, 0) is 12.1 Å². The van der Waals surface area contributed by atoms with Crippen molar-refractivity contribution >= 4 is 0 Å². The van der Waals surface area contributed by atoms with Gasteiger partial charge < -0.3 is 9.63 Å². The number of aliphatic hydroxyl groups is 1. The number of halogens is 1. The summed E-state index contributed by atoms with van der Waals surface area (Å²) in [6.07, 6.45) is 4.22. The van der Waals surface area contributed by atoms with E-state index in [-0.39, 0.29) is 12.4 Å². The zero-order valence-corrected chi connectivity index (χ0v) is 10.3. The van der Waals surface area contributed by atoms with Gasteiger partial charge in [-0.3, -0.25) is 0 Å². The van der Waals surface area contributed by atoms with Crippen molar-refractivity contribution < 1.29 is 14.0 Å². The van der Waals surface area contributed by atoms with Crippen LogP contribution in [0.1, 0.15) is 11.3 Å². The second-order valence-electron chi connectivity index (χ2n) is 4.34. The standard InChI is InChI=1S/C13H11FN4O2/c14-11-3-1-10(2-4-11)13(19,12-5-6-20-17-12)7-18-9-15-8-16-18/h1-6,8-9,19H,7H2. The maximum Gasteiger partial charge on any atom is 0.154 e. The van der Waals surface area contributed by atoms with Crippen molar-refractivity contribution in [2.45, 2.75) is 12.1 Å². The first-order valence-electron chi connectivity index (χ1n) is 5.90. The molecule has 20 heavy (non-hydrogen) atoms. The number of hydrogen-bond donors (Lipinski definition) is 1. The van der Waals surface area contributed by atoms with Crippen molar-refractivity contribution in [1.29, 1.82) is 0 Å². The van der Waals surface area contributed by atoms with Crippen LogP contribution in [0.3, 0.4) is 0 Å². The molecule has 3 aromatic rings. The van der Waals surface area contributed by atoms with E-state index in [0.29, 0.717) is 11.3 Å². The van der Waals surface area contributed by atoms with E-state index < -0.39 is 5.60 Å². The average molecular weight is 274 g/mol. The predicted octanol–water partition coefficient (Wildman–Crippen LogP) is 1.34. The Labute approximate surface area is 113 Å². The third kappa shape index (κ3) is 2.19. The van der Waals surface area contributed by atoms with Crippen LogP contribution in [-0.4, -0.2) is 25.0 Å². The van der Waals surface area contributed by atoms with Gasteiger partial charge in [-0.15, -0.1) is 0 Å². The molecule has 3 rings (SSSR count). The van der Waals surface area contributed by atoms with E-state index in [1.165, 1.54) is 47.9 Å². The fourth-order valence-electron chi connectivity index (χ4n) is 2.02. The summed E-state index contributed by atoms with van der Waals surface area (Å²) >= 11 is 0. The zero-order valence-electron chi connectivity index (χ0n) is 10.3. The van der Waals surface area contributed by atoms with Crippen LogP contribution in [0.25, 0.3) is 0 Å². The molecule has 0 aliphatic carbocycles. The van der Waals surface area contributed by atoms with Crippen LogP contribution in [0.15, 0.2) is 53.8 Å². The molecule has 0 aliphatic rings. The highest BCUT2D eigenvalue weighted by Gasteiger charge is 2.35. The van der Waals surface area contributed by atoms with Crippen LogP contribution in [0.5, 0.6) is 0 Å². The Bertz CT molecular complexity index is 667. The molecule has 0 aliphatic heterocycles. The Hall–Kier alpha value is -2.54.